The van der Waals surface area contributed by atoms with Crippen molar-refractivity contribution in [2.45, 2.75) is 18.9 Å². The minimum atomic E-state index is -0.697. The molecule has 8 nitrogen and oxygen atoms in total. The van der Waals surface area contributed by atoms with Gasteiger partial charge in [-0.25, -0.2) is 0 Å². The van der Waals surface area contributed by atoms with Crippen LogP contribution < -0.4 is 17.2 Å². The van der Waals surface area contributed by atoms with Crippen LogP contribution in [0.15, 0.2) is 4.99 Å². The van der Waals surface area contributed by atoms with E-state index in [1.54, 1.807) is 0 Å². The summed E-state index contributed by atoms with van der Waals surface area (Å²) in [5, 5.41) is 10.0. The second kappa shape index (κ2) is 6.71. The maximum atomic E-state index is 10.5. The fourth-order valence-electron chi connectivity index (χ4n) is 0.858. The highest BCUT2D eigenvalue weighted by atomic mass is 16.6. The van der Waals surface area contributed by atoms with Crippen LogP contribution in [0.2, 0.25) is 0 Å². The van der Waals surface area contributed by atoms with Crippen LogP contribution in [0.25, 0.3) is 0 Å². The van der Waals surface area contributed by atoms with E-state index in [9.17, 15) is 14.9 Å². The summed E-state index contributed by atoms with van der Waals surface area (Å²) in [6, 6.07) is -0.697. The molecule has 0 aromatic carbocycles. The van der Waals surface area contributed by atoms with Gasteiger partial charge in [-0.3, -0.25) is 19.9 Å². The number of carbonyl (C=O) groups is 1. The van der Waals surface area contributed by atoms with E-state index in [4.69, 9.17) is 17.2 Å². The van der Waals surface area contributed by atoms with Gasteiger partial charge in [0.05, 0.1) is 6.04 Å². The molecule has 0 unspecified atom stereocenters. The molecule has 15 heavy (non-hydrogen) atoms. The first-order valence-corrected chi connectivity index (χ1v) is 4.39. The number of nitro groups is 1. The fraction of sp³-hybridized carbons (Fsp3) is 0.714. The predicted octanol–water partition coefficient (Wildman–Crippen LogP) is -1.79. The lowest BCUT2D eigenvalue weighted by Gasteiger charge is -2.04. The number of amides is 1. The van der Waals surface area contributed by atoms with Crippen LogP contribution in [0.3, 0.4) is 0 Å². The highest BCUT2D eigenvalue weighted by Crippen LogP contribution is 1.94. The zero-order chi connectivity index (χ0) is 11.8. The van der Waals surface area contributed by atoms with Crippen molar-refractivity contribution in [3.8, 4) is 0 Å². The highest BCUT2D eigenvalue weighted by molar-refractivity contribution is 5.81. The van der Waals surface area contributed by atoms with Crippen molar-refractivity contribution in [3.05, 3.63) is 10.1 Å². The topological polar surface area (TPSA) is 151 Å². The molecule has 0 saturated heterocycles. The Hall–Kier alpha value is -1.70. The quantitative estimate of drug-likeness (QED) is 0.151. The van der Waals surface area contributed by atoms with Gasteiger partial charge in [0.25, 0.3) is 6.54 Å². The third-order valence-corrected chi connectivity index (χ3v) is 1.64. The lowest BCUT2D eigenvalue weighted by molar-refractivity contribution is -0.463. The zero-order valence-electron chi connectivity index (χ0n) is 8.26. The van der Waals surface area contributed by atoms with Gasteiger partial charge in [-0.15, -0.1) is 0 Å². The molecule has 0 heterocycles. The van der Waals surface area contributed by atoms with Crippen molar-refractivity contribution in [1.82, 2.24) is 0 Å². The predicted molar refractivity (Wildman–Crippen MR) is 54.8 cm³/mol. The summed E-state index contributed by atoms with van der Waals surface area (Å²) < 4.78 is 0. The molecule has 0 aromatic heterocycles. The Morgan fingerprint density at radius 3 is 2.53 bits per heavy atom. The number of rotatable bonds is 7. The molecular formula is C7H15N5O3. The Bertz CT molecular complexity index is 265. The number of primary amides is 1. The van der Waals surface area contributed by atoms with Gasteiger partial charge in [0.15, 0.2) is 5.84 Å². The molecule has 86 valence electrons. The van der Waals surface area contributed by atoms with E-state index in [2.05, 4.69) is 4.99 Å². The number of hydrogen-bond donors (Lipinski definition) is 3. The number of nitrogens with two attached hydrogens (primary N) is 3. The maximum Gasteiger partial charge on any atom is 0.259 e. The van der Waals surface area contributed by atoms with Crippen LogP contribution in [0.5, 0.6) is 0 Å². The molecule has 0 aliphatic carbocycles. The van der Waals surface area contributed by atoms with Crippen molar-refractivity contribution in [1.29, 1.82) is 0 Å². The Morgan fingerprint density at radius 1 is 1.47 bits per heavy atom. The molecule has 0 bridgehead atoms. The molecule has 0 aliphatic rings. The van der Waals surface area contributed by atoms with Crippen molar-refractivity contribution in [2.75, 3.05) is 13.1 Å². The molecule has 0 saturated carbocycles. The normalized spacial score (nSPS) is 13.5. The minimum Gasteiger partial charge on any atom is -0.382 e. The molecular weight excluding hydrogens is 202 g/mol. The van der Waals surface area contributed by atoms with E-state index in [-0.39, 0.29) is 5.84 Å². The summed E-state index contributed by atoms with van der Waals surface area (Å²) in [6.07, 6.45) is 0.910. The average Bonchev–Trinajstić information content (AvgIpc) is 2.10. The molecule has 1 atom stereocenters. The van der Waals surface area contributed by atoms with Crippen molar-refractivity contribution in [2.24, 2.45) is 22.2 Å². The summed E-state index contributed by atoms with van der Waals surface area (Å²) in [6.45, 7) is -0.164. The highest BCUT2D eigenvalue weighted by Gasteiger charge is 2.07. The van der Waals surface area contributed by atoms with Crippen LogP contribution in [0.1, 0.15) is 12.8 Å². The first kappa shape index (κ1) is 13.3. The number of hydrogen-bond acceptors (Lipinski definition) is 5. The molecule has 0 spiro atoms. The first-order valence-electron chi connectivity index (χ1n) is 4.39. The van der Waals surface area contributed by atoms with Crippen LogP contribution >= 0.6 is 0 Å². The number of carbonyl (C=O) groups excluding carboxylic acids is 1. The Kier molecular flexibility index (Phi) is 5.95. The minimum absolute atomic E-state index is 0.0346. The monoisotopic (exact) mass is 217 g/mol. The fourth-order valence-corrected chi connectivity index (χ4v) is 0.858. The summed E-state index contributed by atoms with van der Waals surface area (Å²) in [5.41, 5.74) is 15.5. The van der Waals surface area contributed by atoms with Gasteiger partial charge < -0.3 is 17.2 Å². The lowest BCUT2D eigenvalue weighted by Crippen LogP contribution is -2.36. The first-order chi connectivity index (χ1) is 6.93. The van der Waals surface area contributed by atoms with Crippen molar-refractivity contribution >= 4 is 11.7 Å². The van der Waals surface area contributed by atoms with Crippen LogP contribution in [0.4, 0.5) is 0 Å². The summed E-state index contributed by atoms with van der Waals surface area (Å²) >= 11 is 0. The molecule has 0 rings (SSSR count). The third-order valence-electron chi connectivity index (χ3n) is 1.64. The smallest absolute Gasteiger partial charge is 0.259 e. The van der Waals surface area contributed by atoms with E-state index in [0.717, 1.165) is 0 Å². The molecule has 6 N–H and O–H groups in total. The van der Waals surface area contributed by atoms with Crippen LogP contribution in [-0.4, -0.2) is 35.8 Å². The Morgan fingerprint density at radius 2 is 2.07 bits per heavy atom. The number of nitrogens with zero attached hydrogens (tertiary/aromatic N) is 2. The lowest BCUT2D eigenvalue weighted by atomic mass is 10.1. The summed E-state index contributed by atoms with van der Waals surface area (Å²) in [5.74, 6) is -0.607. The molecule has 0 aromatic rings. The zero-order valence-corrected chi connectivity index (χ0v) is 8.26. The van der Waals surface area contributed by atoms with Crippen LogP contribution in [0, 0.1) is 10.1 Å². The van der Waals surface area contributed by atoms with Crippen molar-refractivity contribution < 1.29 is 9.72 Å². The van der Waals surface area contributed by atoms with E-state index in [1.807, 2.05) is 0 Å². The van der Waals surface area contributed by atoms with Crippen molar-refractivity contribution in [3.63, 3.8) is 0 Å². The molecule has 1 amide bonds. The van der Waals surface area contributed by atoms with E-state index < -0.39 is 23.4 Å². The summed E-state index contributed by atoms with van der Waals surface area (Å²) in [7, 11) is 0. The number of aliphatic imine (C=N–C) groups is 1. The number of amidine groups is 1. The van der Waals surface area contributed by atoms with E-state index >= 15 is 0 Å². The SMILES string of the molecule is NC(=O)[C@@H](N)CCCN=C(N)C[N+](=O)[O-]. The largest absolute Gasteiger partial charge is 0.382 e. The molecule has 0 fully saturated rings. The average molecular weight is 217 g/mol. The van der Waals surface area contributed by atoms with Gasteiger partial charge in [0.2, 0.25) is 5.91 Å². The van der Waals surface area contributed by atoms with Gasteiger partial charge in [0.1, 0.15) is 0 Å². The standard InChI is InChI=1S/C7H15N5O3/c8-5(7(10)13)2-1-3-11-6(9)4-12(14)15/h5H,1-4,8H2,(H2,9,11)(H2,10,13)/t5-/m0/s1. The maximum absolute atomic E-state index is 10.5. The second-order valence-corrected chi connectivity index (χ2v) is 3.01. The van der Waals surface area contributed by atoms with Gasteiger partial charge in [-0.2, -0.15) is 0 Å². The Balaban J connectivity index is 3.69. The van der Waals surface area contributed by atoms with Crippen LogP contribution in [-0.2, 0) is 4.79 Å². The van der Waals surface area contributed by atoms with E-state index in [1.165, 1.54) is 0 Å². The van der Waals surface area contributed by atoms with Gasteiger partial charge >= 0.3 is 0 Å². The third kappa shape index (κ3) is 7.38. The van der Waals surface area contributed by atoms with E-state index in [0.29, 0.717) is 19.4 Å². The van der Waals surface area contributed by atoms with Gasteiger partial charge in [-0.1, -0.05) is 0 Å². The van der Waals surface area contributed by atoms with Gasteiger partial charge in [0, 0.05) is 11.5 Å². The Labute approximate surface area is 86.7 Å². The molecule has 8 heteroatoms. The molecule has 0 aliphatic heterocycles. The van der Waals surface area contributed by atoms with Gasteiger partial charge in [-0.05, 0) is 12.8 Å². The summed E-state index contributed by atoms with van der Waals surface area (Å²) in [4.78, 5) is 23.7. The second-order valence-electron chi connectivity index (χ2n) is 3.01. The molecule has 0 radical (unpaired) electrons.